The third-order valence-electron chi connectivity index (χ3n) is 1.45. The van der Waals surface area contributed by atoms with Crippen molar-refractivity contribution in [3.63, 3.8) is 0 Å². The minimum absolute atomic E-state index is 0.188. The van der Waals surface area contributed by atoms with Crippen LogP contribution in [0, 0.1) is 0 Å². The molecule has 8 nitrogen and oxygen atoms in total. The molecule has 0 rings (SSSR count). The maximum Gasteiger partial charge on any atom is 0.474 e. The fourth-order valence-electron chi connectivity index (χ4n) is 0.950. The summed E-state index contributed by atoms with van der Waals surface area (Å²) in [5.74, 6) is 0. The van der Waals surface area contributed by atoms with Gasteiger partial charge >= 0.3 is 15.6 Å². The van der Waals surface area contributed by atoms with E-state index in [1.54, 1.807) is 34.6 Å². The van der Waals surface area contributed by atoms with Crippen molar-refractivity contribution in [3.8, 4) is 0 Å². The Morgan fingerprint density at radius 3 is 1.10 bits per heavy atom. The van der Waals surface area contributed by atoms with E-state index in [1.165, 1.54) is 0 Å². The van der Waals surface area contributed by atoms with E-state index in [-0.39, 0.29) is 13.2 Å². The lowest BCUT2D eigenvalue weighted by molar-refractivity contribution is 0.126. The Labute approximate surface area is 120 Å². The molecule has 124 valence electrons. The molecule has 0 bridgehead atoms. The van der Waals surface area contributed by atoms with Crippen molar-refractivity contribution in [2.24, 2.45) is 0 Å². The number of hydrogen-bond donors (Lipinski definition) is 1. The average molecular weight is 336 g/mol. The van der Waals surface area contributed by atoms with Crippen molar-refractivity contribution in [2.75, 3.05) is 33.0 Å². The normalized spacial score (nSPS) is 11.9. The Morgan fingerprint density at radius 1 is 0.650 bits per heavy atom. The summed E-state index contributed by atoms with van der Waals surface area (Å²) in [5.41, 5.74) is 0. The number of phosphoric acid groups is 2. The molecule has 0 unspecified atom stereocenters. The van der Waals surface area contributed by atoms with Crippen LogP contribution in [0.3, 0.4) is 0 Å². The predicted molar refractivity (Wildman–Crippen MR) is 75.6 cm³/mol. The van der Waals surface area contributed by atoms with Crippen LogP contribution < -0.4 is 0 Å². The second-order valence-corrected chi connectivity index (χ2v) is 6.13. The fourth-order valence-corrected chi connectivity index (χ4v) is 2.85. The van der Waals surface area contributed by atoms with Gasteiger partial charge in [-0.05, 0) is 34.6 Å². The molecule has 0 atom stereocenters. The first-order chi connectivity index (χ1) is 9.30. The molecule has 0 saturated heterocycles. The third kappa shape index (κ3) is 13.2. The first-order valence-electron chi connectivity index (χ1n) is 6.46. The van der Waals surface area contributed by atoms with E-state index in [4.69, 9.17) is 18.5 Å². The molecule has 0 aromatic carbocycles. The molecule has 0 amide bonds. The second-order valence-electron chi connectivity index (χ2n) is 3.00. The highest BCUT2D eigenvalue weighted by atomic mass is 31.2. The summed E-state index contributed by atoms with van der Waals surface area (Å²) in [5, 5.41) is 0. The van der Waals surface area contributed by atoms with Gasteiger partial charge in [0.2, 0.25) is 0 Å². The van der Waals surface area contributed by atoms with E-state index in [0.717, 1.165) is 0 Å². The minimum atomic E-state index is -3.69. The van der Waals surface area contributed by atoms with Crippen LogP contribution in [0.1, 0.15) is 34.6 Å². The second kappa shape index (κ2) is 12.9. The summed E-state index contributed by atoms with van der Waals surface area (Å²) >= 11 is 0. The van der Waals surface area contributed by atoms with Gasteiger partial charge in [0.15, 0.2) is 0 Å². The fraction of sp³-hybridized carbons (Fsp3) is 1.00. The van der Waals surface area contributed by atoms with E-state index >= 15 is 0 Å². The monoisotopic (exact) mass is 336 g/mol. The van der Waals surface area contributed by atoms with Crippen molar-refractivity contribution in [3.05, 3.63) is 0 Å². The molecule has 1 N–H and O–H groups in total. The Morgan fingerprint density at radius 2 is 0.900 bits per heavy atom. The summed E-state index contributed by atoms with van der Waals surface area (Å²) in [6.45, 7) is 9.84. The molecule has 0 aliphatic carbocycles. The summed E-state index contributed by atoms with van der Waals surface area (Å²) in [6.07, 6.45) is 0. The zero-order chi connectivity index (χ0) is 16.1. The highest BCUT2D eigenvalue weighted by Crippen LogP contribution is 2.48. The number of phosphoric ester groups is 2. The van der Waals surface area contributed by atoms with Crippen LogP contribution >= 0.6 is 15.6 Å². The van der Waals surface area contributed by atoms with Crippen LogP contribution in [0.4, 0.5) is 0 Å². The zero-order valence-corrected chi connectivity index (χ0v) is 14.5. The Bertz CT molecular complexity index is 276. The third-order valence-corrected chi connectivity index (χ3v) is 4.34. The summed E-state index contributed by atoms with van der Waals surface area (Å²) < 4.78 is 45.1. The highest BCUT2D eigenvalue weighted by Gasteiger charge is 2.23. The molecular formula is C10H26O8P2. The lowest BCUT2D eigenvalue weighted by atomic mass is 10.9. The van der Waals surface area contributed by atoms with Crippen molar-refractivity contribution in [1.82, 2.24) is 0 Å². The van der Waals surface area contributed by atoms with Gasteiger partial charge in [-0.25, -0.2) is 9.13 Å². The Hall–Kier alpha value is 0.220. The smallest absolute Gasteiger partial charge is 0.302 e. The van der Waals surface area contributed by atoms with E-state index < -0.39 is 15.6 Å². The van der Waals surface area contributed by atoms with Crippen molar-refractivity contribution in [2.45, 2.75) is 34.6 Å². The largest absolute Gasteiger partial charge is 0.474 e. The molecule has 0 aromatic rings. The molecule has 10 heteroatoms. The number of rotatable bonds is 10. The zero-order valence-electron chi connectivity index (χ0n) is 12.7. The van der Waals surface area contributed by atoms with Gasteiger partial charge < -0.3 is 4.89 Å². The van der Waals surface area contributed by atoms with Crippen LogP contribution in [-0.2, 0) is 31.7 Å². The molecule has 0 fully saturated rings. The van der Waals surface area contributed by atoms with Gasteiger partial charge in [-0.2, -0.15) is 0 Å². The van der Waals surface area contributed by atoms with Gasteiger partial charge in [-0.1, -0.05) is 0 Å². The van der Waals surface area contributed by atoms with Crippen LogP contribution in [0.25, 0.3) is 0 Å². The van der Waals surface area contributed by atoms with Gasteiger partial charge in [-0.15, -0.1) is 0 Å². The summed E-state index contributed by atoms with van der Waals surface area (Å²) in [4.78, 5) is 8.63. The van der Waals surface area contributed by atoms with Crippen molar-refractivity contribution >= 4 is 15.6 Å². The van der Waals surface area contributed by atoms with Gasteiger partial charge in [-0.3, -0.25) is 22.6 Å². The predicted octanol–water partition coefficient (Wildman–Crippen LogP) is 3.36. The molecular weight excluding hydrogens is 310 g/mol. The van der Waals surface area contributed by atoms with E-state index in [9.17, 15) is 9.13 Å². The van der Waals surface area contributed by atoms with Gasteiger partial charge in [0, 0.05) is 0 Å². The molecule has 0 aromatic heterocycles. The molecule has 0 radical (unpaired) electrons. The molecule has 0 heterocycles. The first-order valence-corrected chi connectivity index (χ1v) is 9.41. The average Bonchev–Trinajstić information content (AvgIpc) is 2.30. The van der Waals surface area contributed by atoms with Crippen LogP contribution in [-0.4, -0.2) is 37.9 Å². The van der Waals surface area contributed by atoms with Crippen molar-refractivity contribution < 1.29 is 36.6 Å². The van der Waals surface area contributed by atoms with Gasteiger partial charge in [0.1, 0.15) is 0 Å². The minimum Gasteiger partial charge on any atom is -0.302 e. The van der Waals surface area contributed by atoms with E-state index in [1.807, 2.05) is 0 Å². The van der Waals surface area contributed by atoms with Crippen molar-refractivity contribution in [1.29, 1.82) is 0 Å². The standard InChI is InChI=1S/C6H15O4P.C4H11O4P/c1-4-8-11(7,9-5-2)10-6-3;1-3-7-9(5,6)8-4-2/h4-6H2,1-3H3;3-4H2,1-2H3,(H,5,6). The molecule has 20 heavy (non-hydrogen) atoms. The van der Waals surface area contributed by atoms with Crippen LogP contribution in [0.5, 0.6) is 0 Å². The van der Waals surface area contributed by atoms with Gasteiger partial charge in [0.25, 0.3) is 0 Å². The Kier molecular flexibility index (Phi) is 14.5. The molecule has 0 aliphatic heterocycles. The quantitative estimate of drug-likeness (QED) is 0.606. The maximum atomic E-state index is 11.3. The summed E-state index contributed by atoms with van der Waals surface area (Å²) in [7, 11) is -6.91. The maximum absolute atomic E-state index is 11.3. The number of hydrogen-bond acceptors (Lipinski definition) is 7. The lowest BCUT2D eigenvalue weighted by Gasteiger charge is -2.14. The van der Waals surface area contributed by atoms with E-state index in [2.05, 4.69) is 9.05 Å². The molecule has 0 saturated carbocycles. The SMILES string of the molecule is CCOP(=O)(O)OCC.CCOP(=O)(OCC)OCC. The lowest BCUT2D eigenvalue weighted by Crippen LogP contribution is -1.99. The Balaban J connectivity index is 0. The molecule has 0 spiro atoms. The first kappa shape index (κ1) is 22.5. The van der Waals surface area contributed by atoms with Gasteiger partial charge in [0.05, 0.1) is 33.0 Å². The summed E-state index contributed by atoms with van der Waals surface area (Å²) in [6, 6.07) is 0. The highest BCUT2D eigenvalue weighted by molar-refractivity contribution is 7.48. The van der Waals surface area contributed by atoms with Crippen LogP contribution in [0.15, 0.2) is 0 Å². The van der Waals surface area contributed by atoms with Crippen LogP contribution in [0.2, 0.25) is 0 Å². The topological polar surface area (TPSA) is 101 Å². The van der Waals surface area contributed by atoms with E-state index in [0.29, 0.717) is 19.8 Å². The molecule has 0 aliphatic rings.